The molecule has 1 aromatic heterocycles. The fourth-order valence-electron chi connectivity index (χ4n) is 1.43. The van der Waals surface area contributed by atoms with E-state index in [0.29, 0.717) is 5.75 Å². The van der Waals surface area contributed by atoms with Crippen molar-refractivity contribution in [3.63, 3.8) is 0 Å². The van der Waals surface area contributed by atoms with Gasteiger partial charge in [0, 0.05) is 12.4 Å². The van der Waals surface area contributed by atoms with Crippen molar-refractivity contribution < 1.29 is 8.95 Å². The first-order valence-corrected chi connectivity index (χ1v) is 7.70. The van der Waals surface area contributed by atoms with Gasteiger partial charge in [-0.15, -0.1) is 0 Å². The third kappa shape index (κ3) is 4.79. The molecule has 0 fully saturated rings. The molecule has 5 heteroatoms. The minimum Gasteiger partial charge on any atom is -0.456 e. The van der Waals surface area contributed by atoms with E-state index < -0.39 is 11.0 Å². The Bertz CT molecular complexity index is 632. The monoisotopic (exact) mass is 302 g/mol. The Morgan fingerprint density at radius 3 is 2.43 bits per heavy atom. The second-order valence-corrected chi connectivity index (χ2v) is 7.39. The molecule has 1 aromatic carbocycles. The van der Waals surface area contributed by atoms with Crippen molar-refractivity contribution in [1.82, 2.24) is 4.98 Å². The van der Waals surface area contributed by atoms with Crippen LogP contribution in [0.2, 0.25) is 0 Å². The third-order valence-electron chi connectivity index (χ3n) is 2.57. The standard InChI is InChI=1S/C16H18N2O2S/c1-16(2,3)21(19)18-11-13-6-8-14(9-7-13)20-15-5-4-10-17-12-15/h4-12H,1-3H3/t21-/m0/s1. The molecule has 110 valence electrons. The molecule has 0 radical (unpaired) electrons. The molecule has 0 spiro atoms. The number of benzene rings is 1. The van der Waals surface area contributed by atoms with Gasteiger partial charge in [-0.3, -0.25) is 4.98 Å². The average molecular weight is 302 g/mol. The Kier molecular flexibility index (Phi) is 4.85. The number of pyridine rings is 1. The Labute approximate surface area is 127 Å². The predicted octanol–water partition coefficient (Wildman–Crippen LogP) is 3.76. The fraction of sp³-hybridized carbons (Fsp3) is 0.250. The second kappa shape index (κ2) is 6.63. The molecule has 4 nitrogen and oxygen atoms in total. The normalized spacial score (nSPS) is 13.3. The third-order valence-corrected chi connectivity index (χ3v) is 3.92. The fourth-order valence-corrected chi connectivity index (χ4v) is 1.97. The van der Waals surface area contributed by atoms with E-state index in [4.69, 9.17) is 4.74 Å². The molecule has 1 atom stereocenters. The molecule has 21 heavy (non-hydrogen) atoms. The van der Waals surface area contributed by atoms with E-state index in [1.54, 1.807) is 18.6 Å². The van der Waals surface area contributed by atoms with Gasteiger partial charge in [0.15, 0.2) is 0 Å². The van der Waals surface area contributed by atoms with Gasteiger partial charge in [0.25, 0.3) is 0 Å². The molecule has 1 heterocycles. The molecule has 0 N–H and O–H groups in total. The van der Waals surface area contributed by atoms with E-state index in [0.717, 1.165) is 11.3 Å². The lowest BCUT2D eigenvalue weighted by atomic mass is 10.2. The Morgan fingerprint density at radius 2 is 1.86 bits per heavy atom. The van der Waals surface area contributed by atoms with Gasteiger partial charge < -0.3 is 4.74 Å². The number of nitrogens with zero attached hydrogens (tertiary/aromatic N) is 2. The number of ether oxygens (including phenoxy) is 1. The zero-order valence-electron chi connectivity index (χ0n) is 12.3. The second-order valence-electron chi connectivity index (χ2n) is 5.46. The van der Waals surface area contributed by atoms with E-state index >= 15 is 0 Å². The van der Waals surface area contributed by atoms with Crippen LogP contribution in [0, 0.1) is 0 Å². The summed E-state index contributed by atoms with van der Waals surface area (Å²) in [6.07, 6.45) is 4.97. The summed E-state index contributed by atoms with van der Waals surface area (Å²) in [5, 5.41) is 0. The maximum Gasteiger partial charge on any atom is 0.145 e. The maximum atomic E-state index is 11.8. The SMILES string of the molecule is CC(C)(C)[S@](=O)N=Cc1ccc(Oc2cccnc2)cc1. The number of aromatic nitrogens is 1. The number of hydrogen-bond donors (Lipinski definition) is 0. The van der Waals surface area contributed by atoms with Crippen molar-refractivity contribution in [2.45, 2.75) is 25.5 Å². The smallest absolute Gasteiger partial charge is 0.145 e. The van der Waals surface area contributed by atoms with Gasteiger partial charge >= 0.3 is 0 Å². The zero-order valence-corrected chi connectivity index (χ0v) is 13.1. The van der Waals surface area contributed by atoms with Crippen molar-refractivity contribution in [2.24, 2.45) is 4.40 Å². The molecule has 0 saturated heterocycles. The molecule has 2 aromatic rings. The summed E-state index contributed by atoms with van der Waals surface area (Å²) in [5.74, 6) is 1.41. The van der Waals surface area contributed by atoms with Crippen molar-refractivity contribution in [1.29, 1.82) is 0 Å². The van der Waals surface area contributed by atoms with Crippen LogP contribution in [0.5, 0.6) is 11.5 Å². The highest BCUT2D eigenvalue weighted by Crippen LogP contribution is 2.20. The van der Waals surface area contributed by atoms with E-state index in [2.05, 4.69) is 9.38 Å². The quantitative estimate of drug-likeness (QED) is 0.808. The summed E-state index contributed by atoms with van der Waals surface area (Å²) in [4.78, 5) is 3.99. The van der Waals surface area contributed by atoms with Gasteiger partial charge in [0.05, 0.1) is 10.9 Å². The van der Waals surface area contributed by atoms with Gasteiger partial charge in [-0.05, 0) is 62.7 Å². The minimum absolute atomic E-state index is 0.347. The van der Waals surface area contributed by atoms with Crippen LogP contribution in [0.3, 0.4) is 0 Å². The van der Waals surface area contributed by atoms with Gasteiger partial charge in [-0.2, -0.15) is 4.40 Å². The van der Waals surface area contributed by atoms with Crippen molar-refractivity contribution in [2.75, 3.05) is 0 Å². The van der Waals surface area contributed by atoms with Crippen LogP contribution in [0.25, 0.3) is 0 Å². The number of rotatable bonds is 4. The Hall–Kier alpha value is -2.01. The van der Waals surface area contributed by atoms with Gasteiger partial charge in [0.1, 0.15) is 22.5 Å². The van der Waals surface area contributed by atoms with Crippen LogP contribution < -0.4 is 4.74 Å². The Morgan fingerprint density at radius 1 is 1.14 bits per heavy atom. The summed E-state index contributed by atoms with van der Waals surface area (Å²) < 4.78 is 21.2. The van der Waals surface area contributed by atoms with Gasteiger partial charge in [0.2, 0.25) is 0 Å². The first-order chi connectivity index (χ1) is 9.95. The average Bonchev–Trinajstić information content (AvgIpc) is 2.46. The highest BCUT2D eigenvalue weighted by molar-refractivity contribution is 7.85. The molecule has 0 aliphatic carbocycles. The van der Waals surface area contributed by atoms with Crippen LogP contribution in [0.4, 0.5) is 0 Å². The first kappa shape index (κ1) is 15.4. The highest BCUT2D eigenvalue weighted by atomic mass is 32.2. The van der Waals surface area contributed by atoms with Crippen molar-refractivity contribution >= 4 is 17.2 Å². The van der Waals surface area contributed by atoms with E-state index in [9.17, 15) is 4.21 Å². The van der Waals surface area contributed by atoms with E-state index in [-0.39, 0.29) is 4.75 Å². The van der Waals surface area contributed by atoms with Crippen LogP contribution >= 0.6 is 0 Å². The van der Waals surface area contributed by atoms with E-state index in [1.165, 1.54) is 0 Å². The first-order valence-electron chi connectivity index (χ1n) is 6.59. The van der Waals surface area contributed by atoms with Crippen molar-refractivity contribution in [3.8, 4) is 11.5 Å². The summed E-state index contributed by atoms with van der Waals surface area (Å²) in [7, 11) is -1.24. The molecule has 0 bridgehead atoms. The lowest BCUT2D eigenvalue weighted by Crippen LogP contribution is -2.19. The predicted molar refractivity (Wildman–Crippen MR) is 86.2 cm³/mol. The summed E-state index contributed by atoms with van der Waals surface area (Å²) >= 11 is 0. The van der Waals surface area contributed by atoms with Crippen molar-refractivity contribution in [3.05, 3.63) is 54.4 Å². The van der Waals surface area contributed by atoms with E-state index in [1.807, 2.05) is 57.2 Å². The molecule has 0 saturated carbocycles. The lowest BCUT2D eigenvalue weighted by molar-refractivity contribution is 0.480. The summed E-state index contributed by atoms with van der Waals surface area (Å²) in [5.41, 5.74) is 0.881. The summed E-state index contributed by atoms with van der Waals surface area (Å²) in [6, 6.07) is 11.1. The molecular weight excluding hydrogens is 284 g/mol. The topological polar surface area (TPSA) is 51.5 Å². The summed E-state index contributed by atoms with van der Waals surface area (Å²) in [6.45, 7) is 5.68. The largest absolute Gasteiger partial charge is 0.456 e. The van der Waals surface area contributed by atoms with Crippen LogP contribution in [-0.2, 0) is 11.0 Å². The molecule has 0 aliphatic rings. The molecule has 0 aliphatic heterocycles. The van der Waals surface area contributed by atoms with Crippen LogP contribution in [0.15, 0.2) is 53.2 Å². The molecular formula is C16H18N2O2S. The minimum atomic E-state index is -1.24. The van der Waals surface area contributed by atoms with Gasteiger partial charge in [-0.25, -0.2) is 4.21 Å². The molecule has 0 unspecified atom stereocenters. The van der Waals surface area contributed by atoms with Crippen LogP contribution in [0.1, 0.15) is 26.3 Å². The highest BCUT2D eigenvalue weighted by Gasteiger charge is 2.17. The lowest BCUT2D eigenvalue weighted by Gasteiger charge is -2.12. The Balaban J connectivity index is 2.03. The van der Waals surface area contributed by atoms with Crippen LogP contribution in [-0.4, -0.2) is 20.2 Å². The molecule has 0 amide bonds. The number of hydrogen-bond acceptors (Lipinski definition) is 3. The zero-order chi connectivity index (χ0) is 15.3. The van der Waals surface area contributed by atoms with Gasteiger partial charge in [-0.1, -0.05) is 0 Å². The molecule has 2 rings (SSSR count). The maximum absolute atomic E-state index is 11.8.